The minimum Gasteiger partial charge on any atom is -0.497 e. The first-order chi connectivity index (χ1) is 16.7. The first kappa shape index (κ1) is 21.6. The molecule has 5 rings (SSSR count). The van der Waals surface area contributed by atoms with Crippen molar-refractivity contribution in [3.8, 4) is 22.6 Å². The van der Waals surface area contributed by atoms with E-state index in [0.29, 0.717) is 12.4 Å². The van der Waals surface area contributed by atoms with Crippen molar-refractivity contribution in [3.63, 3.8) is 0 Å². The van der Waals surface area contributed by atoms with Crippen LogP contribution < -0.4 is 14.8 Å². The molecule has 0 amide bonds. The van der Waals surface area contributed by atoms with Crippen molar-refractivity contribution in [2.24, 2.45) is 4.99 Å². The third-order valence-corrected chi connectivity index (χ3v) is 5.83. The Balaban J connectivity index is 1.55. The van der Waals surface area contributed by atoms with E-state index in [1.165, 1.54) is 0 Å². The van der Waals surface area contributed by atoms with Crippen molar-refractivity contribution in [1.29, 1.82) is 0 Å². The zero-order valence-electron chi connectivity index (χ0n) is 19.3. The Labute approximate surface area is 199 Å². The Morgan fingerprint density at radius 3 is 2.44 bits per heavy atom. The van der Waals surface area contributed by atoms with E-state index in [2.05, 4.69) is 40.7 Å². The minimum atomic E-state index is 0.631. The summed E-state index contributed by atoms with van der Waals surface area (Å²) in [7, 11) is 3.35. The van der Waals surface area contributed by atoms with Gasteiger partial charge >= 0.3 is 0 Å². The molecule has 1 aliphatic rings. The standard InChI is InChI=1S/C28H26N4O2/c1-33-23-11-8-19(9-12-23)17-30-28-25-16-21(20-5-3-7-24(15-20)34-2)10-13-26(25)31-27(32-28)22-6-4-14-29-18-22/h3,5-13,15-16,18H,4,14,17H2,1-2H3,(H,30,31,32). The van der Waals surface area contributed by atoms with Crippen molar-refractivity contribution in [3.05, 3.63) is 84.2 Å². The molecule has 4 aromatic rings. The van der Waals surface area contributed by atoms with Crippen LogP contribution in [0.25, 0.3) is 27.6 Å². The number of benzene rings is 3. The molecule has 2 heterocycles. The molecule has 0 spiro atoms. The highest BCUT2D eigenvalue weighted by Gasteiger charge is 2.13. The fraction of sp³-hybridized carbons (Fsp3) is 0.179. The maximum Gasteiger partial charge on any atom is 0.163 e. The molecule has 0 unspecified atom stereocenters. The molecule has 170 valence electrons. The van der Waals surface area contributed by atoms with Crippen molar-refractivity contribution in [1.82, 2.24) is 9.97 Å². The summed E-state index contributed by atoms with van der Waals surface area (Å²) in [5.74, 6) is 3.14. The van der Waals surface area contributed by atoms with E-state index in [1.807, 2.05) is 48.7 Å². The topological polar surface area (TPSA) is 68.6 Å². The Hall–Kier alpha value is -4.19. The number of rotatable bonds is 7. The normalized spacial score (nSPS) is 12.9. The van der Waals surface area contributed by atoms with Gasteiger partial charge in [-0.25, -0.2) is 9.97 Å². The second-order valence-electron chi connectivity index (χ2n) is 8.04. The van der Waals surface area contributed by atoms with E-state index in [-0.39, 0.29) is 0 Å². The van der Waals surface area contributed by atoms with Crippen LogP contribution in [0, 0.1) is 0 Å². The van der Waals surface area contributed by atoms with Gasteiger partial charge in [0.25, 0.3) is 0 Å². The third kappa shape index (κ3) is 4.62. The largest absolute Gasteiger partial charge is 0.497 e. The average molecular weight is 451 g/mol. The average Bonchev–Trinajstić information content (AvgIpc) is 2.92. The maximum absolute atomic E-state index is 5.41. The molecule has 0 radical (unpaired) electrons. The fourth-order valence-corrected chi connectivity index (χ4v) is 3.96. The number of anilines is 1. The van der Waals surface area contributed by atoms with Crippen molar-refractivity contribution < 1.29 is 9.47 Å². The van der Waals surface area contributed by atoms with Crippen LogP contribution in [-0.2, 0) is 6.54 Å². The number of ether oxygens (including phenoxy) is 2. The van der Waals surface area contributed by atoms with Crippen LogP contribution in [0.3, 0.4) is 0 Å². The van der Waals surface area contributed by atoms with Crippen LogP contribution in [0.15, 0.2) is 77.8 Å². The van der Waals surface area contributed by atoms with E-state index < -0.39 is 0 Å². The summed E-state index contributed by atoms with van der Waals surface area (Å²) in [6.45, 7) is 1.44. The van der Waals surface area contributed by atoms with Gasteiger partial charge < -0.3 is 14.8 Å². The molecule has 3 aromatic carbocycles. The molecular weight excluding hydrogens is 424 g/mol. The summed E-state index contributed by atoms with van der Waals surface area (Å²) >= 11 is 0. The van der Waals surface area contributed by atoms with Crippen LogP contribution in [0.5, 0.6) is 11.5 Å². The molecule has 1 N–H and O–H groups in total. The van der Waals surface area contributed by atoms with Gasteiger partial charge in [0.15, 0.2) is 5.82 Å². The van der Waals surface area contributed by atoms with Gasteiger partial charge in [-0.15, -0.1) is 0 Å². The van der Waals surface area contributed by atoms with Crippen LogP contribution in [0.1, 0.15) is 17.8 Å². The summed E-state index contributed by atoms with van der Waals surface area (Å²) in [4.78, 5) is 14.2. The van der Waals surface area contributed by atoms with E-state index in [4.69, 9.17) is 19.4 Å². The lowest BCUT2D eigenvalue weighted by Crippen LogP contribution is -2.07. The molecule has 0 aliphatic carbocycles. The minimum absolute atomic E-state index is 0.631. The number of methoxy groups -OCH3 is 2. The Morgan fingerprint density at radius 2 is 1.68 bits per heavy atom. The maximum atomic E-state index is 5.41. The molecule has 6 heteroatoms. The van der Waals surface area contributed by atoms with Crippen LogP contribution in [0.2, 0.25) is 0 Å². The Kier molecular flexibility index (Phi) is 6.21. The number of fused-ring (bicyclic) bond motifs is 1. The van der Waals surface area contributed by atoms with E-state index in [9.17, 15) is 0 Å². The lowest BCUT2D eigenvalue weighted by Gasteiger charge is -2.14. The smallest absolute Gasteiger partial charge is 0.163 e. The number of dihydropyridines is 1. The molecule has 0 atom stereocenters. The molecule has 1 aromatic heterocycles. The molecule has 34 heavy (non-hydrogen) atoms. The second-order valence-corrected chi connectivity index (χ2v) is 8.04. The Morgan fingerprint density at radius 1 is 0.853 bits per heavy atom. The van der Waals surface area contributed by atoms with Gasteiger partial charge in [0, 0.05) is 30.3 Å². The van der Waals surface area contributed by atoms with Gasteiger partial charge in [0.05, 0.1) is 19.7 Å². The van der Waals surface area contributed by atoms with Crippen molar-refractivity contribution in [2.75, 3.05) is 26.1 Å². The number of nitrogens with one attached hydrogen (secondary N) is 1. The summed E-state index contributed by atoms with van der Waals surface area (Å²) in [5, 5.41) is 4.50. The zero-order chi connectivity index (χ0) is 23.3. The first-order valence-electron chi connectivity index (χ1n) is 11.3. The quantitative estimate of drug-likeness (QED) is 0.386. The summed E-state index contributed by atoms with van der Waals surface area (Å²) < 4.78 is 10.7. The first-order valence-corrected chi connectivity index (χ1v) is 11.3. The van der Waals surface area contributed by atoms with E-state index in [0.717, 1.165) is 63.4 Å². The number of nitrogens with zero attached hydrogens (tertiary/aromatic N) is 3. The highest BCUT2D eigenvalue weighted by molar-refractivity contribution is 6.09. The number of aromatic nitrogens is 2. The van der Waals surface area contributed by atoms with Gasteiger partial charge in [-0.1, -0.05) is 36.4 Å². The number of allylic oxidation sites excluding steroid dienone is 1. The molecule has 0 fully saturated rings. The highest BCUT2D eigenvalue weighted by Crippen LogP contribution is 2.30. The molecule has 6 nitrogen and oxygen atoms in total. The lowest BCUT2D eigenvalue weighted by atomic mass is 10.0. The third-order valence-electron chi connectivity index (χ3n) is 5.83. The number of aliphatic imine (C=N–C) groups is 1. The SMILES string of the molecule is COc1ccc(CNc2nc(C3=CCCN=C3)nc3ccc(-c4cccc(OC)c4)cc23)cc1. The van der Waals surface area contributed by atoms with Gasteiger partial charge in [-0.2, -0.15) is 0 Å². The lowest BCUT2D eigenvalue weighted by molar-refractivity contribution is 0.414. The fourth-order valence-electron chi connectivity index (χ4n) is 3.96. The molecule has 1 aliphatic heterocycles. The van der Waals surface area contributed by atoms with Crippen LogP contribution >= 0.6 is 0 Å². The highest BCUT2D eigenvalue weighted by atomic mass is 16.5. The number of hydrogen-bond donors (Lipinski definition) is 1. The number of hydrogen-bond acceptors (Lipinski definition) is 6. The van der Waals surface area contributed by atoms with Gasteiger partial charge in [0.2, 0.25) is 0 Å². The van der Waals surface area contributed by atoms with E-state index >= 15 is 0 Å². The summed E-state index contributed by atoms with van der Waals surface area (Å²) in [6.07, 6.45) is 4.91. The summed E-state index contributed by atoms with van der Waals surface area (Å²) in [5.41, 5.74) is 5.13. The monoisotopic (exact) mass is 450 g/mol. The van der Waals surface area contributed by atoms with Gasteiger partial charge in [-0.05, 0) is 59.5 Å². The van der Waals surface area contributed by atoms with E-state index in [1.54, 1.807) is 14.2 Å². The van der Waals surface area contributed by atoms with Crippen molar-refractivity contribution >= 4 is 28.5 Å². The molecule has 0 bridgehead atoms. The zero-order valence-corrected chi connectivity index (χ0v) is 19.3. The summed E-state index contributed by atoms with van der Waals surface area (Å²) in [6, 6.07) is 22.3. The predicted octanol–water partition coefficient (Wildman–Crippen LogP) is 5.78. The molecule has 0 saturated heterocycles. The Bertz CT molecular complexity index is 1380. The van der Waals surface area contributed by atoms with Crippen LogP contribution in [-0.4, -0.2) is 36.9 Å². The van der Waals surface area contributed by atoms with Crippen LogP contribution in [0.4, 0.5) is 5.82 Å². The predicted molar refractivity (Wildman–Crippen MR) is 138 cm³/mol. The molecule has 0 saturated carbocycles. The van der Waals surface area contributed by atoms with Crippen molar-refractivity contribution in [2.45, 2.75) is 13.0 Å². The van der Waals surface area contributed by atoms with Gasteiger partial charge in [0.1, 0.15) is 17.3 Å². The van der Waals surface area contributed by atoms with Gasteiger partial charge in [-0.3, -0.25) is 4.99 Å². The second kappa shape index (κ2) is 9.75. The molecular formula is C28H26N4O2.